The molecule has 1 fully saturated rings. The summed E-state index contributed by atoms with van der Waals surface area (Å²) in [6.45, 7) is 6.97. The molecule has 0 aliphatic heterocycles. The highest BCUT2D eigenvalue weighted by molar-refractivity contribution is 5.23. The maximum atomic E-state index is 9.48. The lowest BCUT2D eigenvalue weighted by atomic mass is 9.69. The Labute approximate surface area is 92.9 Å². The van der Waals surface area contributed by atoms with E-state index in [1.54, 1.807) is 0 Å². The monoisotopic (exact) mass is 206 g/mol. The van der Waals surface area contributed by atoms with Gasteiger partial charge >= 0.3 is 0 Å². The molecule has 0 amide bonds. The SMILES string of the molecule is CC(C)=CC(C)C12C=CC(CC1CO)C2. The summed E-state index contributed by atoms with van der Waals surface area (Å²) in [7, 11) is 0. The first kappa shape index (κ1) is 10.9. The molecule has 2 rings (SSSR count). The highest BCUT2D eigenvalue weighted by Gasteiger charge is 2.50. The molecule has 0 saturated heterocycles. The average Bonchev–Trinajstić information content (AvgIpc) is 2.74. The van der Waals surface area contributed by atoms with Gasteiger partial charge in [-0.2, -0.15) is 0 Å². The van der Waals surface area contributed by atoms with E-state index in [1.807, 2.05) is 0 Å². The maximum absolute atomic E-state index is 9.48. The smallest absolute Gasteiger partial charge is 0.0468 e. The maximum Gasteiger partial charge on any atom is 0.0468 e. The van der Waals surface area contributed by atoms with Crippen LogP contribution in [0.25, 0.3) is 0 Å². The minimum Gasteiger partial charge on any atom is -0.396 e. The Hall–Kier alpha value is -0.560. The molecule has 2 aliphatic carbocycles. The van der Waals surface area contributed by atoms with Crippen molar-refractivity contribution in [2.24, 2.45) is 23.2 Å². The molecule has 1 heteroatoms. The van der Waals surface area contributed by atoms with E-state index >= 15 is 0 Å². The van der Waals surface area contributed by atoms with E-state index < -0.39 is 0 Å². The Kier molecular flexibility index (Phi) is 2.76. The predicted molar refractivity (Wildman–Crippen MR) is 63.5 cm³/mol. The van der Waals surface area contributed by atoms with Crippen molar-refractivity contribution in [2.75, 3.05) is 6.61 Å². The van der Waals surface area contributed by atoms with Gasteiger partial charge in [-0.3, -0.25) is 0 Å². The van der Waals surface area contributed by atoms with Gasteiger partial charge in [0.25, 0.3) is 0 Å². The minimum absolute atomic E-state index is 0.261. The normalized spacial score (nSPS) is 39.5. The molecular formula is C14H22O. The molecule has 84 valence electrons. The third kappa shape index (κ3) is 1.67. The van der Waals surface area contributed by atoms with Gasteiger partial charge in [0.2, 0.25) is 0 Å². The molecule has 4 unspecified atom stereocenters. The van der Waals surface area contributed by atoms with E-state index in [9.17, 15) is 5.11 Å². The second kappa shape index (κ2) is 3.79. The van der Waals surface area contributed by atoms with Gasteiger partial charge in [0, 0.05) is 6.61 Å². The van der Waals surface area contributed by atoms with E-state index in [4.69, 9.17) is 0 Å². The molecule has 2 bridgehead atoms. The molecule has 4 atom stereocenters. The van der Waals surface area contributed by atoms with Crippen LogP contribution in [0.4, 0.5) is 0 Å². The topological polar surface area (TPSA) is 20.2 Å². The molecule has 1 nitrogen and oxygen atoms in total. The van der Waals surface area contributed by atoms with Gasteiger partial charge in [-0.25, -0.2) is 0 Å². The molecule has 0 heterocycles. The Morgan fingerprint density at radius 3 is 2.87 bits per heavy atom. The van der Waals surface area contributed by atoms with Crippen LogP contribution in [0, 0.1) is 23.2 Å². The molecule has 15 heavy (non-hydrogen) atoms. The van der Waals surface area contributed by atoms with Crippen molar-refractivity contribution in [2.45, 2.75) is 33.6 Å². The van der Waals surface area contributed by atoms with Crippen LogP contribution in [0.1, 0.15) is 33.6 Å². The van der Waals surface area contributed by atoms with E-state index in [-0.39, 0.29) is 5.41 Å². The van der Waals surface area contributed by atoms with E-state index in [0.29, 0.717) is 18.4 Å². The van der Waals surface area contributed by atoms with Crippen LogP contribution in [0.5, 0.6) is 0 Å². The fourth-order valence-electron chi connectivity index (χ4n) is 3.56. The van der Waals surface area contributed by atoms with Crippen LogP contribution >= 0.6 is 0 Å². The highest BCUT2D eigenvalue weighted by atomic mass is 16.3. The first-order chi connectivity index (χ1) is 7.08. The number of aliphatic hydroxyl groups is 1. The fourth-order valence-corrected chi connectivity index (χ4v) is 3.56. The van der Waals surface area contributed by atoms with Crippen LogP contribution in [0.2, 0.25) is 0 Å². The lowest BCUT2D eigenvalue weighted by molar-refractivity contribution is 0.124. The van der Waals surface area contributed by atoms with Crippen LogP contribution in [0.3, 0.4) is 0 Å². The van der Waals surface area contributed by atoms with Crippen molar-refractivity contribution < 1.29 is 5.11 Å². The van der Waals surface area contributed by atoms with Crippen molar-refractivity contribution >= 4 is 0 Å². The summed E-state index contributed by atoms with van der Waals surface area (Å²) < 4.78 is 0. The average molecular weight is 206 g/mol. The van der Waals surface area contributed by atoms with E-state index in [1.165, 1.54) is 18.4 Å². The molecule has 0 spiro atoms. The zero-order valence-electron chi connectivity index (χ0n) is 10.0. The second-order valence-corrected chi connectivity index (χ2v) is 5.58. The number of rotatable bonds is 3. The first-order valence-corrected chi connectivity index (χ1v) is 6.03. The van der Waals surface area contributed by atoms with Crippen LogP contribution < -0.4 is 0 Å². The molecular weight excluding hydrogens is 184 g/mol. The summed E-state index contributed by atoms with van der Waals surface area (Å²) in [5.41, 5.74) is 1.65. The van der Waals surface area contributed by atoms with Gasteiger partial charge < -0.3 is 5.11 Å². The standard InChI is InChI=1S/C14H22O/c1-10(2)6-11(3)14-5-4-12(8-14)7-13(14)9-15/h4-6,11-13,15H,7-9H2,1-3H3. The Morgan fingerprint density at radius 1 is 1.60 bits per heavy atom. The quantitative estimate of drug-likeness (QED) is 0.703. The minimum atomic E-state index is 0.261. The van der Waals surface area contributed by atoms with Gasteiger partial charge in [0.1, 0.15) is 0 Å². The second-order valence-electron chi connectivity index (χ2n) is 5.58. The summed E-state index contributed by atoms with van der Waals surface area (Å²) in [5.74, 6) is 1.77. The number of aliphatic hydroxyl groups excluding tert-OH is 1. The van der Waals surface area contributed by atoms with Gasteiger partial charge in [-0.1, -0.05) is 30.7 Å². The molecule has 0 aromatic heterocycles. The predicted octanol–water partition coefficient (Wildman–Crippen LogP) is 3.16. The largest absolute Gasteiger partial charge is 0.396 e. The van der Waals surface area contributed by atoms with E-state index in [0.717, 1.165) is 5.92 Å². The van der Waals surface area contributed by atoms with Crippen LogP contribution in [-0.2, 0) is 0 Å². The Morgan fingerprint density at radius 2 is 2.33 bits per heavy atom. The molecule has 0 radical (unpaired) electrons. The fraction of sp³-hybridized carbons (Fsp3) is 0.714. The van der Waals surface area contributed by atoms with Crippen molar-refractivity contribution in [1.82, 2.24) is 0 Å². The zero-order chi connectivity index (χ0) is 11.1. The Bertz CT molecular complexity index is 298. The lowest BCUT2D eigenvalue weighted by Crippen LogP contribution is -2.31. The van der Waals surface area contributed by atoms with Crippen molar-refractivity contribution in [3.05, 3.63) is 23.8 Å². The molecule has 2 aliphatic rings. The molecule has 0 aromatic carbocycles. The summed E-state index contributed by atoms with van der Waals surface area (Å²) in [5, 5.41) is 9.48. The Balaban J connectivity index is 2.25. The summed E-state index contributed by atoms with van der Waals surface area (Å²) in [4.78, 5) is 0. The molecule has 1 N–H and O–H groups in total. The van der Waals surface area contributed by atoms with Crippen molar-refractivity contribution in [3.63, 3.8) is 0 Å². The van der Waals surface area contributed by atoms with Gasteiger partial charge in [0.05, 0.1) is 0 Å². The van der Waals surface area contributed by atoms with Gasteiger partial charge in [-0.15, -0.1) is 0 Å². The third-order valence-corrected chi connectivity index (χ3v) is 4.29. The summed E-state index contributed by atoms with van der Waals surface area (Å²) >= 11 is 0. The summed E-state index contributed by atoms with van der Waals surface area (Å²) in [6.07, 6.45) is 9.55. The number of hydrogen-bond acceptors (Lipinski definition) is 1. The lowest BCUT2D eigenvalue weighted by Gasteiger charge is -2.36. The van der Waals surface area contributed by atoms with Gasteiger partial charge in [-0.05, 0) is 49.9 Å². The number of fused-ring (bicyclic) bond motifs is 2. The number of hydrogen-bond donors (Lipinski definition) is 1. The highest BCUT2D eigenvalue weighted by Crippen LogP contribution is 2.57. The number of allylic oxidation sites excluding steroid dienone is 4. The summed E-state index contributed by atoms with van der Waals surface area (Å²) in [6, 6.07) is 0. The van der Waals surface area contributed by atoms with E-state index in [2.05, 4.69) is 39.0 Å². The molecule has 0 aromatic rings. The van der Waals surface area contributed by atoms with Crippen LogP contribution in [-0.4, -0.2) is 11.7 Å². The zero-order valence-corrected chi connectivity index (χ0v) is 10.0. The van der Waals surface area contributed by atoms with Crippen molar-refractivity contribution in [3.8, 4) is 0 Å². The first-order valence-electron chi connectivity index (χ1n) is 6.03. The third-order valence-electron chi connectivity index (χ3n) is 4.29. The molecule has 1 saturated carbocycles. The van der Waals surface area contributed by atoms with Crippen molar-refractivity contribution in [1.29, 1.82) is 0 Å². The van der Waals surface area contributed by atoms with Gasteiger partial charge in [0.15, 0.2) is 0 Å². The van der Waals surface area contributed by atoms with Crippen LogP contribution in [0.15, 0.2) is 23.8 Å².